The first-order valence-electron chi connectivity index (χ1n) is 9.99. The molecule has 4 aromatic carbocycles. The van der Waals surface area contributed by atoms with Crippen molar-refractivity contribution in [1.82, 2.24) is 14.0 Å². The van der Waals surface area contributed by atoms with Crippen molar-refractivity contribution in [2.75, 3.05) is 0 Å². The molecule has 4 heteroatoms. The summed E-state index contributed by atoms with van der Waals surface area (Å²) in [6.07, 6.45) is 0.759. The van der Waals surface area contributed by atoms with Crippen LogP contribution < -0.4 is 0 Å². The summed E-state index contributed by atoms with van der Waals surface area (Å²) in [6, 6.07) is 33.3. The van der Waals surface area contributed by atoms with E-state index in [4.69, 9.17) is 16.6 Å². The highest BCUT2D eigenvalue weighted by Gasteiger charge is 2.19. The lowest BCUT2D eigenvalue weighted by molar-refractivity contribution is 1.09. The molecule has 0 saturated heterocycles. The molecule has 0 atom stereocenters. The third-order valence-electron chi connectivity index (χ3n) is 5.66. The van der Waals surface area contributed by atoms with E-state index in [9.17, 15) is 0 Å². The van der Waals surface area contributed by atoms with E-state index in [1.807, 2.05) is 30.3 Å². The quantitative estimate of drug-likeness (QED) is 0.321. The lowest BCUT2D eigenvalue weighted by atomic mass is 10.0. The zero-order valence-electron chi connectivity index (χ0n) is 16.2. The fourth-order valence-corrected chi connectivity index (χ4v) is 4.53. The maximum absolute atomic E-state index is 6.49. The van der Waals surface area contributed by atoms with Crippen molar-refractivity contribution < 1.29 is 0 Å². The maximum Gasteiger partial charge on any atom is 0.220 e. The largest absolute Gasteiger partial charge is 0.278 e. The molecule has 0 N–H and O–H groups in total. The van der Waals surface area contributed by atoms with Crippen LogP contribution >= 0.6 is 11.6 Å². The van der Waals surface area contributed by atoms with Gasteiger partial charge < -0.3 is 0 Å². The predicted molar refractivity (Wildman–Crippen MR) is 124 cm³/mol. The number of hydrogen-bond acceptors (Lipinski definition) is 1. The predicted octanol–water partition coefficient (Wildman–Crippen LogP) is 6.68. The summed E-state index contributed by atoms with van der Waals surface area (Å²) >= 11 is 6.49. The molecule has 0 aliphatic heterocycles. The lowest BCUT2D eigenvalue weighted by Crippen LogP contribution is -1.99. The van der Waals surface area contributed by atoms with Crippen molar-refractivity contribution in [2.45, 2.75) is 6.42 Å². The van der Waals surface area contributed by atoms with Crippen LogP contribution in [-0.2, 0) is 6.42 Å². The second-order valence-corrected chi connectivity index (χ2v) is 7.87. The highest BCUT2D eigenvalue weighted by Crippen LogP contribution is 2.32. The molecule has 2 heterocycles. The Kier molecular flexibility index (Phi) is 3.90. The Balaban J connectivity index is 1.73. The van der Waals surface area contributed by atoms with E-state index in [1.54, 1.807) is 0 Å². The van der Waals surface area contributed by atoms with Gasteiger partial charge in [-0.25, -0.2) is 4.98 Å². The average molecular weight is 408 g/mol. The van der Waals surface area contributed by atoms with Gasteiger partial charge in [0.1, 0.15) is 0 Å². The number of fused-ring (bicyclic) bond motifs is 5. The summed E-state index contributed by atoms with van der Waals surface area (Å²) in [5.74, 6) is 0.920. The van der Waals surface area contributed by atoms with Crippen molar-refractivity contribution in [3.05, 3.63) is 113 Å². The Morgan fingerprint density at radius 1 is 0.667 bits per heavy atom. The number of imidazole rings is 2. The molecular formula is C26H18ClN3. The first-order valence-corrected chi connectivity index (χ1v) is 10.4. The Morgan fingerprint density at radius 3 is 2.23 bits per heavy atom. The minimum atomic E-state index is 0.759. The van der Waals surface area contributed by atoms with Crippen molar-refractivity contribution in [3.8, 4) is 5.69 Å². The van der Waals surface area contributed by atoms with Gasteiger partial charge in [0.2, 0.25) is 5.78 Å². The molecule has 0 saturated carbocycles. The van der Waals surface area contributed by atoms with Crippen molar-refractivity contribution in [1.29, 1.82) is 0 Å². The van der Waals surface area contributed by atoms with Gasteiger partial charge in [-0.15, -0.1) is 0 Å². The van der Waals surface area contributed by atoms with Crippen LogP contribution in [0.15, 0.2) is 97.1 Å². The third-order valence-corrected chi connectivity index (χ3v) is 6.03. The van der Waals surface area contributed by atoms with Crippen molar-refractivity contribution >= 4 is 39.4 Å². The molecule has 2 aromatic heterocycles. The van der Waals surface area contributed by atoms with E-state index in [1.165, 1.54) is 5.56 Å². The van der Waals surface area contributed by atoms with Gasteiger partial charge in [0, 0.05) is 17.1 Å². The second kappa shape index (κ2) is 6.75. The SMILES string of the molecule is Clc1ccccc1Cc1cccc2c1n(-c1ccccc1)c1nc3ccccc3n21. The Hall–Kier alpha value is -3.56. The number of aromatic nitrogens is 3. The molecule has 0 radical (unpaired) electrons. The molecule has 0 unspecified atom stereocenters. The normalized spacial score (nSPS) is 11.6. The topological polar surface area (TPSA) is 22.2 Å². The van der Waals surface area contributed by atoms with Crippen LogP contribution in [0.4, 0.5) is 0 Å². The smallest absolute Gasteiger partial charge is 0.220 e. The van der Waals surface area contributed by atoms with Gasteiger partial charge in [-0.1, -0.05) is 72.3 Å². The summed E-state index contributed by atoms with van der Waals surface area (Å²) in [5.41, 5.74) is 7.86. The third kappa shape index (κ3) is 2.56. The molecule has 0 fully saturated rings. The molecule has 0 amide bonds. The summed E-state index contributed by atoms with van der Waals surface area (Å²) in [7, 11) is 0. The van der Waals surface area contributed by atoms with E-state index in [0.29, 0.717) is 0 Å². The standard InChI is InChI=1S/C26H18ClN3/c27-21-13-5-4-9-18(21)17-19-10-8-16-24-25(19)29(20-11-2-1-3-12-20)26-28-22-14-6-7-15-23(22)30(24)26/h1-16H,17H2. The fourth-order valence-electron chi connectivity index (χ4n) is 4.33. The van der Waals surface area contributed by atoms with Gasteiger partial charge >= 0.3 is 0 Å². The molecule has 3 nitrogen and oxygen atoms in total. The van der Waals surface area contributed by atoms with Crippen LogP contribution in [0.25, 0.3) is 33.5 Å². The summed E-state index contributed by atoms with van der Waals surface area (Å²) in [4.78, 5) is 4.99. The summed E-state index contributed by atoms with van der Waals surface area (Å²) in [5, 5.41) is 0.794. The van der Waals surface area contributed by atoms with Gasteiger partial charge in [-0.3, -0.25) is 8.97 Å². The van der Waals surface area contributed by atoms with Crippen LogP contribution in [-0.4, -0.2) is 14.0 Å². The monoisotopic (exact) mass is 407 g/mol. The van der Waals surface area contributed by atoms with Gasteiger partial charge in [-0.05, 0) is 47.5 Å². The maximum atomic E-state index is 6.49. The number of benzene rings is 4. The molecule has 0 spiro atoms. The highest BCUT2D eigenvalue weighted by molar-refractivity contribution is 6.31. The van der Waals surface area contributed by atoms with Crippen molar-refractivity contribution in [2.24, 2.45) is 0 Å². The van der Waals surface area contributed by atoms with E-state index in [0.717, 1.165) is 50.5 Å². The van der Waals surface area contributed by atoms with Crippen molar-refractivity contribution in [3.63, 3.8) is 0 Å². The lowest BCUT2D eigenvalue weighted by Gasteiger charge is -2.10. The number of nitrogens with zero attached hydrogens (tertiary/aromatic N) is 3. The second-order valence-electron chi connectivity index (χ2n) is 7.46. The number of hydrogen-bond donors (Lipinski definition) is 0. The number of halogens is 1. The first-order chi connectivity index (χ1) is 14.8. The summed E-state index contributed by atoms with van der Waals surface area (Å²) < 4.78 is 4.52. The molecule has 144 valence electrons. The molecular weight excluding hydrogens is 390 g/mol. The Labute approximate surface area is 178 Å². The van der Waals surface area contributed by atoms with Crippen LogP contribution in [0.1, 0.15) is 11.1 Å². The Morgan fingerprint density at radius 2 is 1.37 bits per heavy atom. The number of para-hydroxylation sites is 4. The Bertz CT molecular complexity index is 1530. The van der Waals surface area contributed by atoms with E-state index < -0.39 is 0 Å². The molecule has 0 aliphatic carbocycles. The minimum absolute atomic E-state index is 0.759. The molecule has 6 rings (SSSR count). The minimum Gasteiger partial charge on any atom is -0.278 e. The van der Waals surface area contributed by atoms with Crippen LogP contribution in [0, 0.1) is 0 Å². The fraction of sp³-hybridized carbons (Fsp3) is 0.0385. The zero-order valence-corrected chi connectivity index (χ0v) is 16.9. The van der Waals surface area contributed by atoms with Gasteiger partial charge in [0.25, 0.3) is 0 Å². The molecule has 6 aromatic rings. The molecule has 30 heavy (non-hydrogen) atoms. The summed E-state index contributed by atoms with van der Waals surface area (Å²) in [6.45, 7) is 0. The van der Waals surface area contributed by atoms with Crippen LogP contribution in [0.2, 0.25) is 5.02 Å². The van der Waals surface area contributed by atoms with Gasteiger partial charge in [0.05, 0.1) is 22.1 Å². The first kappa shape index (κ1) is 17.3. The van der Waals surface area contributed by atoms with Crippen LogP contribution in [0.5, 0.6) is 0 Å². The molecule has 0 aliphatic rings. The highest BCUT2D eigenvalue weighted by atomic mass is 35.5. The van der Waals surface area contributed by atoms with E-state index in [-0.39, 0.29) is 0 Å². The van der Waals surface area contributed by atoms with E-state index in [2.05, 4.69) is 75.7 Å². The zero-order chi connectivity index (χ0) is 20.1. The van der Waals surface area contributed by atoms with E-state index >= 15 is 0 Å². The van der Waals surface area contributed by atoms with Gasteiger partial charge in [-0.2, -0.15) is 0 Å². The van der Waals surface area contributed by atoms with Gasteiger partial charge in [0.15, 0.2) is 0 Å². The number of rotatable bonds is 3. The molecule has 0 bridgehead atoms. The van der Waals surface area contributed by atoms with Crippen LogP contribution in [0.3, 0.4) is 0 Å². The average Bonchev–Trinajstić information content (AvgIpc) is 3.31.